The third-order valence-electron chi connectivity index (χ3n) is 2.46. The summed E-state index contributed by atoms with van der Waals surface area (Å²) in [6, 6.07) is 3.40. The lowest BCUT2D eigenvalue weighted by atomic mass is 10.2. The number of nitrogen functional groups attached to an aromatic ring is 1. The number of anilines is 1. The second kappa shape index (κ2) is 8.39. The maximum absolute atomic E-state index is 12.5. The summed E-state index contributed by atoms with van der Waals surface area (Å²) in [4.78, 5) is 0.637. The summed E-state index contributed by atoms with van der Waals surface area (Å²) in [6.07, 6.45) is -3.54. The van der Waals surface area contributed by atoms with Crippen LogP contribution in [-0.4, -0.2) is 32.7 Å². The second-order valence-corrected chi connectivity index (χ2v) is 5.19. The van der Waals surface area contributed by atoms with Crippen molar-refractivity contribution in [1.29, 1.82) is 0 Å². The van der Waals surface area contributed by atoms with Crippen LogP contribution in [0.4, 0.5) is 18.9 Å². The Labute approximate surface area is 120 Å². The molecule has 0 saturated carbocycles. The van der Waals surface area contributed by atoms with Gasteiger partial charge in [0.05, 0.1) is 12.2 Å². The molecule has 7 heteroatoms. The van der Waals surface area contributed by atoms with E-state index in [2.05, 4.69) is 0 Å². The lowest BCUT2D eigenvalue weighted by Gasteiger charge is -2.10. The molecule has 0 aromatic heterocycles. The van der Waals surface area contributed by atoms with Gasteiger partial charge in [0.2, 0.25) is 0 Å². The van der Waals surface area contributed by atoms with Crippen molar-refractivity contribution in [1.82, 2.24) is 0 Å². The van der Waals surface area contributed by atoms with Gasteiger partial charge in [-0.3, -0.25) is 0 Å². The molecule has 114 valence electrons. The van der Waals surface area contributed by atoms with Gasteiger partial charge in [0.1, 0.15) is 0 Å². The number of hydrogen-bond donors (Lipinski definition) is 1. The van der Waals surface area contributed by atoms with E-state index in [4.69, 9.17) is 15.2 Å². The van der Waals surface area contributed by atoms with Crippen LogP contribution in [0.25, 0.3) is 0 Å². The summed E-state index contributed by atoms with van der Waals surface area (Å²) in [6.45, 7) is 1.78. The fraction of sp³-hybridized carbons (Fsp3) is 0.538. The number of ether oxygens (including phenoxy) is 2. The normalized spacial score (nSPS) is 11.8. The Morgan fingerprint density at radius 1 is 1.20 bits per heavy atom. The smallest absolute Gasteiger partial charge is 0.398 e. The summed E-state index contributed by atoms with van der Waals surface area (Å²) >= 11 is 1.38. The van der Waals surface area contributed by atoms with Gasteiger partial charge in [-0.15, -0.1) is 11.8 Å². The Bertz CT molecular complexity index is 413. The zero-order valence-corrected chi connectivity index (χ0v) is 12.0. The molecule has 1 aromatic rings. The topological polar surface area (TPSA) is 44.5 Å². The first-order valence-electron chi connectivity index (χ1n) is 6.11. The Morgan fingerprint density at radius 3 is 2.55 bits per heavy atom. The molecule has 20 heavy (non-hydrogen) atoms. The van der Waals surface area contributed by atoms with Gasteiger partial charge in [-0.05, 0) is 24.6 Å². The Kier molecular flexibility index (Phi) is 7.18. The molecule has 1 rings (SSSR count). The fourth-order valence-corrected chi connectivity index (χ4v) is 2.29. The van der Waals surface area contributed by atoms with Crippen molar-refractivity contribution in [3.8, 4) is 0 Å². The number of rotatable bonds is 8. The second-order valence-electron chi connectivity index (χ2n) is 4.06. The molecule has 0 bridgehead atoms. The van der Waals surface area contributed by atoms with Crippen molar-refractivity contribution in [2.24, 2.45) is 0 Å². The summed E-state index contributed by atoms with van der Waals surface area (Å²) in [5, 5.41) is 0. The summed E-state index contributed by atoms with van der Waals surface area (Å²) in [5.41, 5.74) is 5.04. The highest BCUT2D eigenvalue weighted by molar-refractivity contribution is 7.99. The van der Waals surface area contributed by atoms with Crippen molar-refractivity contribution >= 4 is 17.4 Å². The number of benzene rings is 1. The van der Waals surface area contributed by atoms with Crippen molar-refractivity contribution in [2.75, 3.05) is 38.4 Å². The molecular formula is C13H18F3NO2S. The molecule has 0 heterocycles. The fourth-order valence-electron chi connectivity index (χ4n) is 1.47. The van der Waals surface area contributed by atoms with E-state index >= 15 is 0 Å². The molecule has 0 unspecified atom stereocenters. The van der Waals surface area contributed by atoms with Gasteiger partial charge >= 0.3 is 6.18 Å². The highest BCUT2D eigenvalue weighted by atomic mass is 32.2. The Morgan fingerprint density at radius 2 is 1.95 bits per heavy atom. The highest BCUT2D eigenvalue weighted by Crippen LogP contribution is 2.34. The van der Waals surface area contributed by atoms with Crippen LogP contribution in [0.5, 0.6) is 0 Å². The third kappa shape index (κ3) is 6.02. The van der Waals surface area contributed by atoms with E-state index in [9.17, 15) is 13.2 Å². The van der Waals surface area contributed by atoms with E-state index < -0.39 is 11.7 Å². The maximum atomic E-state index is 12.5. The van der Waals surface area contributed by atoms with Crippen molar-refractivity contribution in [3.63, 3.8) is 0 Å². The van der Waals surface area contributed by atoms with Crippen molar-refractivity contribution in [3.05, 3.63) is 23.8 Å². The Hall–Kier alpha value is -0.920. The van der Waals surface area contributed by atoms with Crippen LogP contribution in [-0.2, 0) is 15.7 Å². The minimum atomic E-state index is -4.36. The lowest BCUT2D eigenvalue weighted by molar-refractivity contribution is -0.137. The molecule has 0 fully saturated rings. The number of halogens is 3. The number of thioether (sulfide) groups is 1. The van der Waals surface area contributed by atoms with Gasteiger partial charge in [-0.25, -0.2) is 0 Å². The predicted octanol–water partition coefficient (Wildman–Crippen LogP) is 3.43. The molecule has 0 saturated heterocycles. The number of methoxy groups -OCH3 is 1. The van der Waals surface area contributed by atoms with Crippen molar-refractivity contribution < 1.29 is 22.6 Å². The first kappa shape index (κ1) is 17.1. The van der Waals surface area contributed by atoms with Crippen LogP contribution >= 0.6 is 11.8 Å². The van der Waals surface area contributed by atoms with Gasteiger partial charge in [-0.2, -0.15) is 13.2 Å². The van der Waals surface area contributed by atoms with E-state index in [1.807, 2.05) is 0 Å². The monoisotopic (exact) mass is 309 g/mol. The highest BCUT2D eigenvalue weighted by Gasteiger charge is 2.30. The van der Waals surface area contributed by atoms with Gasteiger partial charge in [0, 0.05) is 36.7 Å². The average molecular weight is 309 g/mol. The molecule has 1 aromatic carbocycles. The predicted molar refractivity (Wildman–Crippen MR) is 73.9 cm³/mol. The van der Waals surface area contributed by atoms with Gasteiger partial charge < -0.3 is 15.2 Å². The minimum Gasteiger partial charge on any atom is -0.398 e. The summed E-state index contributed by atoms with van der Waals surface area (Å²) in [7, 11) is 1.63. The largest absolute Gasteiger partial charge is 0.416 e. The minimum absolute atomic E-state index is 0.143. The number of nitrogens with two attached hydrogens (primary N) is 1. The summed E-state index contributed by atoms with van der Waals surface area (Å²) in [5.74, 6) is 0.641. The SMILES string of the molecule is COCCCOCCSc1ccc(C(F)(F)F)cc1N. The van der Waals surface area contributed by atoms with E-state index in [-0.39, 0.29) is 5.69 Å². The van der Waals surface area contributed by atoms with Crippen LogP contribution in [0.15, 0.2) is 23.1 Å². The molecule has 2 N–H and O–H groups in total. The maximum Gasteiger partial charge on any atom is 0.416 e. The van der Waals surface area contributed by atoms with Crippen molar-refractivity contribution in [2.45, 2.75) is 17.5 Å². The standard InChI is InChI=1S/C13H18F3NO2S/c1-18-5-2-6-19-7-8-20-12-4-3-10(9-11(12)17)13(14,15)16/h3-4,9H,2,5-8,17H2,1H3. The van der Waals surface area contributed by atoms with Gasteiger partial charge in [0.15, 0.2) is 0 Å². The first-order valence-corrected chi connectivity index (χ1v) is 7.10. The van der Waals surface area contributed by atoms with E-state index in [0.29, 0.717) is 30.5 Å². The first-order chi connectivity index (χ1) is 9.45. The molecule has 0 amide bonds. The lowest BCUT2D eigenvalue weighted by Crippen LogP contribution is -2.06. The molecule has 0 radical (unpaired) electrons. The molecule has 0 aliphatic carbocycles. The average Bonchev–Trinajstić information content (AvgIpc) is 2.38. The Balaban J connectivity index is 2.34. The van der Waals surface area contributed by atoms with Gasteiger partial charge in [0.25, 0.3) is 0 Å². The molecule has 3 nitrogen and oxygen atoms in total. The quantitative estimate of drug-likeness (QED) is 0.454. The van der Waals surface area contributed by atoms with Crippen LogP contribution in [0.2, 0.25) is 0 Å². The van der Waals surface area contributed by atoms with Crippen LogP contribution in [0.1, 0.15) is 12.0 Å². The third-order valence-corrected chi connectivity index (χ3v) is 3.51. The molecule has 0 spiro atoms. The zero-order valence-electron chi connectivity index (χ0n) is 11.2. The van der Waals surface area contributed by atoms with Crippen LogP contribution in [0, 0.1) is 0 Å². The number of hydrogen-bond acceptors (Lipinski definition) is 4. The molecular weight excluding hydrogens is 291 g/mol. The molecule has 0 aliphatic rings. The van der Waals surface area contributed by atoms with Crippen LogP contribution in [0.3, 0.4) is 0 Å². The molecule has 0 aliphatic heterocycles. The molecule has 0 atom stereocenters. The van der Waals surface area contributed by atoms with Crippen LogP contribution < -0.4 is 5.73 Å². The number of alkyl halides is 3. The van der Waals surface area contributed by atoms with E-state index in [1.54, 1.807) is 7.11 Å². The van der Waals surface area contributed by atoms with E-state index in [0.717, 1.165) is 18.6 Å². The summed E-state index contributed by atoms with van der Waals surface area (Å²) < 4.78 is 47.6. The zero-order chi connectivity index (χ0) is 15.0. The van der Waals surface area contributed by atoms with Gasteiger partial charge in [-0.1, -0.05) is 0 Å². The van der Waals surface area contributed by atoms with E-state index in [1.165, 1.54) is 17.8 Å².